The summed E-state index contributed by atoms with van der Waals surface area (Å²) in [7, 11) is 3.86. The second kappa shape index (κ2) is 7.23. The smallest absolute Gasteiger partial charge is 0.316 e. The van der Waals surface area contributed by atoms with Crippen molar-refractivity contribution in [3.05, 3.63) is 29.8 Å². The lowest BCUT2D eigenvalue weighted by molar-refractivity contribution is -0.170. The third-order valence-corrected chi connectivity index (χ3v) is 4.66. The Hall–Kier alpha value is -2.41. The topological polar surface area (TPSA) is 99.1 Å². The fourth-order valence-corrected chi connectivity index (χ4v) is 3.52. The highest BCUT2D eigenvalue weighted by molar-refractivity contribution is 6.02. The normalized spacial score (nSPS) is 29.0. The summed E-state index contributed by atoms with van der Waals surface area (Å²) in [5, 5.41) is 10.7. The van der Waals surface area contributed by atoms with Crippen LogP contribution in [0.3, 0.4) is 0 Å². The molecule has 0 heterocycles. The molecule has 0 saturated heterocycles. The van der Waals surface area contributed by atoms with Gasteiger partial charge in [0, 0.05) is 12.3 Å². The van der Waals surface area contributed by atoms with Crippen LogP contribution in [0.2, 0.25) is 0 Å². The fraction of sp³-hybridized carbons (Fsp3) is 0.500. The van der Waals surface area contributed by atoms with E-state index < -0.39 is 41.1 Å². The van der Waals surface area contributed by atoms with Gasteiger partial charge >= 0.3 is 11.9 Å². The molecule has 1 aromatic carbocycles. The molecule has 0 radical (unpaired) electrons. The van der Waals surface area contributed by atoms with Gasteiger partial charge in [-0.05, 0) is 24.6 Å². The first kappa shape index (κ1) is 18.9. The summed E-state index contributed by atoms with van der Waals surface area (Å²) >= 11 is 0. The van der Waals surface area contributed by atoms with Gasteiger partial charge in [0.15, 0.2) is 5.78 Å². The molecule has 0 aliphatic heterocycles. The van der Waals surface area contributed by atoms with Gasteiger partial charge in [0.05, 0.1) is 32.8 Å². The number of rotatable bonds is 4. The van der Waals surface area contributed by atoms with Gasteiger partial charge in [0.1, 0.15) is 11.7 Å². The number of aliphatic hydroxyl groups is 1. The molecule has 1 N–H and O–H groups in total. The summed E-state index contributed by atoms with van der Waals surface area (Å²) in [5.74, 6) is -4.66. The molecule has 25 heavy (non-hydrogen) atoms. The minimum absolute atomic E-state index is 0.340. The Morgan fingerprint density at radius 2 is 1.80 bits per heavy atom. The SMILES string of the molecule is COC(=O)[C@@H]1C(=O)C[C@](C)(O)[C@H](C(=O)OC)[C@H]1c1cccc(OC)c1. The molecule has 1 saturated carbocycles. The minimum Gasteiger partial charge on any atom is -0.497 e. The Labute approximate surface area is 145 Å². The van der Waals surface area contributed by atoms with Gasteiger partial charge in [-0.2, -0.15) is 0 Å². The van der Waals surface area contributed by atoms with Crippen LogP contribution in [0, 0.1) is 11.8 Å². The van der Waals surface area contributed by atoms with Crippen molar-refractivity contribution in [3.63, 3.8) is 0 Å². The number of methoxy groups -OCH3 is 3. The van der Waals surface area contributed by atoms with E-state index in [0.717, 1.165) is 0 Å². The fourth-order valence-electron chi connectivity index (χ4n) is 3.52. The second-order valence-corrected chi connectivity index (χ2v) is 6.30. The maximum atomic E-state index is 12.6. The van der Waals surface area contributed by atoms with E-state index in [0.29, 0.717) is 11.3 Å². The van der Waals surface area contributed by atoms with Gasteiger partial charge in [-0.15, -0.1) is 0 Å². The summed E-state index contributed by atoms with van der Waals surface area (Å²) in [4.78, 5) is 37.2. The molecule has 136 valence electrons. The van der Waals surface area contributed by atoms with Gasteiger partial charge in [0.2, 0.25) is 0 Å². The minimum atomic E-state index is -1.65. The largest absolute Gasteiger partial charge is 0.497 e. The molecule has 1 aliphatic carbocycles. The third-order valence-electron chi connectivity index (χ3n) is 4.66. The van der Waals surface area contributed by atoms with Crippen LogP contribution in [-0.2, 0) is 23.9 Å². The standard InChI is InChI=1S/C18H22O7/c1-18(22)9-12(19)14(16(20)24-3)13(15(18)17(21)25-4)10-6-5-7-11(8-10)23-2/h5-8,13-15,22H,9H2,1-4H3/t13-,14+,15-,18-/m0/s1. The molecule has 1 aromatic rings. The Balaban J connectivity index is 2.66. The van der Waals surface area contributed by atoms with E-state index in [4.69, 9.17) is 14.2 Å². The first-order chi connectivity index (χ1) is 11.8. The van der Waals surface area contributed by atoms with Crippen molar-refractivity contribution < 1.29 is 33.7 Å². The van der Waals surface area contributed by atoms with Crippen LogP contribution in [0.1, 0.15) is 24.8 Å². The van der Waals surface area contributed by atoms with Crippen LogP contribution in [-0.4, -0.2) is 49.8 Å². The number of ketones is 1. The number of carbonyl (C=O) groups excluding carboxylic acids is 3. The number of Topliss-reactive ketones (excluding diaryl/α,β-unsaturated/α-hetero) is 1. The average molecular weight is 350 g/mol. The number of hydrogen-bond donors (Lipinski definition) is 1. The Bertz CT molecular complexity index is 680. The monoisotopic (exact) mass is 350 g/mol. The first-order valence-corrected chi connectivity index (χ1v) is 7.81. The van der Waals surface area contributed by atoms with Gasteiger partial charge in [0.25, 0.3) is 0 Å². The molecule has 7 heteroatoms. The van der Waals surface area contributed by atoms with Crippen molar-refractivity contribution in [2.45, 2.75) is 24.9 Å². The highest BCUT2D eigenvalue weighted by atomic mass is 16.5. The van der Waals surface area contributed by atoms with E-state index in [1.165, 1.54) is 28.3 Å². The molecule has 0 amide bonds. The van der Waals surface area contributed by atoms with Crippen molar-refractivity contribution in [1.82, 2.24) is 0 Å². The van der Waals surface area contributed by atoms with Crippen LogP contribution in [0.15, 0.2) is 24.3 Å². The highest BCUT2D eigenvalue weighted by Gasteiger charge is 2.56. The van der Waals surface area contributed by atoms with Crippen molar-refractivity contribution >= 4 is 17.7 Å². The van der Waals surface area contributed by atoms with Gasteiger partial charge in [-0.25, -0.2) is 0 Å². The van der Waals surface area contributed by atoms with E-state index in [1.807, 2.05) is 0 Å². The lowest BCUT2D eigenvalue weighted by Gasteiger charge is -2.43. The molecular weight excluding hydrogens is 328 g/mol. The molecule has 1 aliphatic rings. The lowest BCUT2D eigenvalue weighted by Crippen LogP contribution is -2.55. The zero-order valence-electron chi connectivity index (χ0n) is 14.6. The van der Waals surface area contributed by atoms with Crippen molar-refractivity contribution in [2.75, 3.05) is 21.3 Å². The zero-order valence-corrected chi connectivity index (χ0v) is 14.6. The van der Waals surface area contributed by atoms with E-state index in [2.05, 4.69) is 0 Å². The van der Waals surface area contributed by atoms with Crippen molar-refractivity contribution in [3.8, 4) is 5.75 Å². The Morgan fingerprint density at radius 1 is 1.16 bits per heavy atom. The van der Waals surface area contributed by atoms with Crippen molar-refractivity contribution in [2.24, 2.45) is 11.8 Å². The van der Waals surface area contributed by atoms with Crippen LogP contribution in [0.25, 0.3) is 0 Å². The molecular formula is C18H22O7. The van der Waals surface area contributed by atoms with Crippen LogP contribution < -0.4 is 4.74 Å². The first-order valence-electron chi connectivity index (χ1n) is 7.81. The van der Waals surface area contributed by atoms with E-state index in [9.17, 15) is 19.5 Å². The third kappa shape index (κ3) is 3.51. The molecule has 2 rings (SSSR count). The zero-order chi connectivity index (χ0) is 18.8. The van der Waals surface area contributed by atoms with Crippen LogP contribution in [0.5, 0.6) is 5.75 Å². The van der Waals surface area contributed by atoms with Gasteiger partial charge in [-0.1, -0.05) is 12.1 Å². The molecule has 0 aromatic heterocycles. The molecule has 0 bridgehead atoms. The predicted octanol–water partition coefficient (Wildman–Crippen LogP) is 1.08. The van der Waals surface area contributed by atoms with Crippen molar-refractivity contribution in [1.29, 1.82) is 0 Å². The molecule has 0 spiro atoms. The molecule has 4 atom stereocenters. The van der Waals surface area contributed by atoms with Gasteiger partial charge < -0.3 is 19.3 Å². The lowest BCUT2D eigenvalue weighted by atomic mass is 9.61. The number of carbonyl (C=O) groups is 3. The molecule has 7 nitrogen and oxygen atoms in total. The van der Waals surface area contributed by atoms with Crippen LogP contribution in [0.4, 0.5) is 0 Å². The molecule has 0 unspecified atom stereocenters. The summed E-state index contributed by atoms with van der Waals surface area (Å²) in [6.07, 6.45) is -0.340. The quantitative estimate of drug-likeness (QED) is 0.641. The second-order valence-electron chi connectivity index (χ2n) is 6.30. The molecule has 1 fully saturated rings. The average Bonchev–Trinajstić information content (AvgIpc) is 2.59. The van der Waals surface area contributed by atoms with Gasteiger partial charge in [-0.3, -0.25) is 14.4 Å². The summed E-state index contributed by atoms with van der Waals surface area (Å²) in [6, 6.07) is 6.69. The Morgan fingerprint density at radius 3 is 2.36 bits per heavy atom. The number of ether oxygens (including phenoxy) is 3. The Kier molecular flexibility index (Phi) is 5.47. The summed E-state index contributed by atoms with van der Waals surface area (Å²) in [6.45, 7) is 1.40. The maximum absolute atomic E-state index is 12.6. The summed E-state index contributed by atoms with van der Waals surface area (Å²) in [5.41, 5.74) is -1.14. The van der Waals surface area contributed by atoms with Crippen LogP contribution >= 0.6 is 0 Å². The maximum Gasteiger partial charge on any atom is 0.316 e. The number of hydrogen-bond acceptors (Lipinski definition) is 7. The van der Waals surface area contributed by atoms with E-state index >= 15 is 0 Å². The highest BCUT2D eigenvalue weighted by Crippen LogP contribution is 2.47. The van der Waals surface area contributed by atoms with E-state index in [1.54, 1.807) is 24.3 Å². The summed E-state index contributed by atoms with van der Waals surface area (Å²) < 4.78 is 14.8. The van der Waals surface area contributed by atoms with E-state index in [-0.39, 0.29) is 6.42 Å². The predicted molar refractivity (Wildman–Crippen MR) is 87.0 cm³/mol. The number of benzene rings is 1. The number of esters is 2.